The summed E-state index contributed by atoms with van der Waals surface area (Å²) in [5, 5.41) is 9.51. The molecule has 2 aromatic rings. The average molecular weight is 324 g/mol. The summed E-state index contributed by atoms with van der Waals surface area (Å²) < 4.78 is 6.56. The van der Waals surface area contributed by atoms with E-state index >= 15 is 0 Å². The van der Waals surface area contributed by atoms with Crippen LogP contribution in [0.15, 0.2) is 46.9 Å². The lowest BCUT2D eigenvalue weighted by Gasteiger charge is -2.49. The van der Waals surface area contributed by atoms with Gasteiger partial charge in [-0.1, -0.05) is 30.7 Å². The highest BCUT2D eigenvalue weighted by Crippen LogP contribution is 2.51. The number of hydrogen-bond donors (Lipinski definition) is 0. The highest BCUT2D eigenvalue weighted by atomic mass is 32.1. The van der Waals surface area contributed by atoms with E-state index in [9.17, 15) is 0 Å². The van der Waals surface area contributed by atoms with Gasteiger partial charge in [0.15, 0.2) is 5.72 Å². The van der Waals surface area contributed by atoms with E-state index in [-0.39, 0.29) is 5.72 Å². The minimum Gasteiger partial charge on any atom is -0.466 e. The van der Waals surface area contributed by atoms with Crippen LogP contribution in [0.5, 0.6) is 5.75 Å². The number of hydrogen-bond acceptors (Lipinski definition) is 4. The predicted molar refractivity (Wildman–Crippen MR) is 92.9 cm³/mol. The Morgan fingerprint density at radius 1 is 1.09 bits per heavy atom. The third kappa shape index (κ3) is 2.04. The van der Waals surface area contributed by atoms with Crippen LogP contribution in [0.25, 0.3) is 0 Å². The molecule has 0 N–H and O–H groups in total. The zero-order valence-corrected chi connectivity index (χ0v) is 13.9. The lowest BCUT2D eigenvalue weighted by atomic mass is 9.87. The molecule has 1 aromatic carbocycles. The van der Waals surface area contributed by atoms with E-state index in [0.717, 1.165) is 25.0 Å². The number of fused-ring (bicyclic) bond motifs is 4. The SMILES string of the molecule is c1csc(C2=NN3C(C2)c2ccccc2OC32CCCCC2)c1. The first-order valence-electron chi connectivity index (χ1n) is 8.54. The molecule has 23 heavy (non-hydrogen) atoms. The summed E-state index contributed by atoms with van der Waals surface area (Å²) in [5.41, 5.74) is 2.28. The van der Waals surface area contributed by atoms with Crippen LogP contribution in [0.1, 0.15) is 55.0 Å². The van der Waals surface area contributed by atoms with Crippen molar-refractivity contribution in [2.24, 2.45) is 5.10 Å². The molecule has 1 saturated carbocycles. The van der Waals surface area contributed by atoms with Gasteiger partial charge in [0, 0.05) is 24.8 Å². The number of thiophene rings is 1. The average Bonchev–Trinajstić information content (AvgIpc) is 3.26. The molecule has 3 heterocycles. The van der Waals surface area contributed by atoms with Crippen molar-refractivity contribution in [3.8, 4) is 5.75 Å². The summed E-state index contributed by atoms with van der Waals surface area (Å²) in [4.78, 5) is 1.29. The first-order valence-corrected chi connectivity index (χ1v) is 9.42. The second kappa shape index (κ2) is 5.10. The van der Waals surface area contributed by atoms with Crippen LogP contribution in [0.2, 0.25) is 0 Å². The van der Waals surface area contributed by atoms with Crippen molar-refractivity contribution in [1.82, 2.24) is 5.01 Å². The van der Waals surface area contributed by atoms with E-state index in [4.69, 9.17) is 9.84 Å². The van der Waals surface area contributed by atoms with Gasteiger partial charge in [-0.3, -0.25) is 0 Å². The Morgan fingerprint density at radius 3 is 2.78 bits per heavy atom. The smallest absolute Gasteiger partial charge is 0.198 e. The van der Waals surface area contributed by atoms with Crippen molar-refractivity contribution in [2.75, 3.05) is 0 Å². The minimum absolute atomic E-state index is 0.226. The molecule has 5 rings (SSSR count). The maximum atomic E-state index is 6.56. The predicted octanol–water partition coefficient (Wildman–Crippen LogP) is 4.95. The van der Waals surface area contributed by atoms with Gasteiger partial charge in [0.25, 0.3) is 0 Å². The van der Waals surface area contributed by atoms with Gasteiger partial charge in [0.1, 0.15) is 5.75 Å². The van der Waals surface area contributed by atoms with Gasteiger partial charge >= 0.3 is 0 Å². The molecule has 1 unspecified atom stereocenters. The van der Waals surface area contributed by atoms with Gasteiger partial charge in [-0.25, -0.2) is 5.01 Å². The fraction of sp³-hybridized carbons (Fsp3) is 0.421. The summed E-state index contributed by atoms with van der Waals surface area (Å²) in [6.07, 6.45) is 6.93. The third-order valence-corrected chi connectivity index (χ3v) is 6.27. The molecular formula is C19H20N2OS. The van der Waals surface area contributed by atoms with Crippen LogP contribution in [-0.2, 0) is 0 Å². The number of ether oxygens (including phenoxy) is 1. The molecule has 118 valence electrons. The van der Waals surface area contributed by atoms with Gasteiger partial charge in [0.05, 0.1) is 16.6 Å². The van der Waals surface area contributed by atoms with Crippen molar-refractivity contribution in [3.63, 3.8) is 0 Å². The molecule has 3 nitrogen and oxygen atoms in total. The molecule has 0 saturated heterocycles. The summed E-state index contributed by atoms with van der Waals surface area (Å²) in [5.74, 6) is 1.07. The molecule has 1 aromatic heterocycles. The van der Waals surface area contributed by atoms with Crippen LogP contribution in [0.3, 0.4) is 0 Å². The van der Waals surface area contributed by atoms with Crippen LogP contribution in [-0.4, -0.2) is 16.4 Å². The van der Waals surface area contributed by atoms with Gasteiger partial charge < -0.3 is 4.74 Å². The Kier molecular flexibility index (Phi) is 3.02. The Balaban J connectivity index is 1.61. The Labute approximate surface area is 140 Å². The first-order chi connectivity index (χ1) is 11.4. The lowest BCUT2D eigenvalue weighted by molar-refractivity contribution is -0.140. The number of para-hydroxylation sites is 1. The summed E-state index contributed by atoms with van der Waals surface area (Å²) in [6, 6.07) is 13.2. The Bertz CT molecular complexity index is 746. The summed E-state index contributed by atoms with van der Waals surface area (Å²) in [6.45, 7) is 0. The number of rotatable bonds is 1. The van der Waals surface area contributed by atoms with Crippen molar-refractivity contribution >= 4 is 17.0 Å². The maximum absolute atomic E-state index is 6.56. The number of hydrazone groups is 1. The molecule has 0 bridgehead atoms. The van der Waals surface area contributed by atoms with Gasteiger partial charge in [-0.2, -0.15) is 5.10 Å². The van der Waals surface area contributed by atoms with Crippen LogP contribution >= 0.6 is 11.3 Å². The maximum Gasteiger partial charge on any atom is 0.198 e. The normalized spacial score (nSPS) is 24.8. The molecule has 3 aliphatic rings. The van der Waals surface area contributed by atoms with E-state index in [1.54, 1.807) is 11.3 Å². The molecule has 0 amide bonds. The second-order valence-electron chi connectivity index (χ2n) is 6.74. The van der Waals surface area contributed by atoms with Gasteiger partial charge in [-0.05, 0) is 30.4 Å². The minimum atomic E-state index is -0.226. The van der Waals surface area contributed by atoms with Gasteiger partial charge in [-0.15, -0.1) is 11.3 Å². The van der Waals surface area contributed by atoms with E-state index in [1.807, 2.05) is 0 Å². The topological polar surface area (TPSA) is 24.8 Å². The van der Waals surface area contributed by atoms with Crippen molar-refractivity contribution in [1.29, 1.82) is 0 Å². The molecule has 2 aliphatic heterocycles. The molecule has 1 spiro atoms. The third-order valence-electron chi connectivity index (χ3n) is 5.35. The molecule has 0 radical (unpaired) electrons. The van der Waals surface area contributed by atoms with Gasteiger partial charge in [0.2, 0.25) is 0 Å². The Morgan fingerprint density at radius 2 is 1.96 bits per heavy atom. The van der Waals surface area contributed by atoms with Crippen molar-refractivity contribution in [3.05, 3.63) is 52.2 Å². The van der Waals surface area contributed by atoms with Crippen LogP contribution in [0.4, 0.5) is 0 Å². The number of nitrogens with zero attached hydrogens (tertiary/aromatic N) is 2. The van der Waals surface area contributed by atoms with E-state index in [2.05, 4.69) is 46.8 Å². The zero-order valence-electron chi connectivity index (χ0n) is 13.1. The Hall–Kier alpha value is -1.81. The highest BCUT2D eigenvalue weighted by molar-refractivity contribution is 7.12. The van der Waals surface area contributed by atoms with Crippen molar-refractivity contribution < 1.29 is 4.74 Å². The molecule has 1 fully saturated rings. The molecule has 1 aliphatic carbocycles. The molecule has 1 atom stereocenters. The van der Waals surface area contributed by atoms with E-state index in [1.165, 1.54) is 35.4 Å². The summed E-state index contributed by atoms with van der Waals surface area (Å²) in [7, 11) is 0. The van der Waals surface area contributed by atoms with E-state index < -0.39 is 0 Å². The number of benzene rings is 1. The summed E-state index contributed by atoms with van der Waals surface area (Å²) >= 11 is 1.78. The van der Waals surface area contributed by atoms with E-state index in [0.29, 0.717) is 6.04 Å². The largest absolute Gasteiger partial charge is 0.466 e. The highest BCUT2D eigenvalue weighted by Gasteiger charge is 2.50. The fourth-order valence-electron chi connectivity index (χ4n) is 4.26. The second-order valence-corrected chi connectivity index (χ2v) is 7.68. The lowest BCUT2D eigenvalue weighted by Crippen LogP contribution is -2.54. The monoisotopic (exact) mass is 324 g/mol. The quantitative estimate of drug-likeness (QED) is 0.741. The zero-order chi connectivity index (χ0) is 15.3. The molecule has 4 heteroatoms. The van der Waals surface area contributed by atoms with Crippen molar-refractivity contribution in [2.45, 2.75) is 50.3 Å². The standard InChI is InChI=1S/C19H20N2OS/c1-4-10-19(11-5-1)21-16(14-7-2-3-8-17(14)22-19)13-15(20-21)18-9-6-12-23-18/h2-3,6-9,12,16H,1,4-5,10-11,13H2. The fourth-order valence-corrected chi connectivity index (χ4v) is 4.98. The van der Waals surface area contributed by atoms with Crippen LogP contribution in [0, 0.1) is 0 Å². The first kappa shape index (κ1) is 13.6. The molecular weight excluding hydrogens is 304 g/mol. The van der Waals surface area contributed by atoms with Crippen LogP contribution < -0.4 is 4.74 Å².